The number of aromatic nitrogens is 1. The minimum Gasteiger partial charge on any atom is -0.294 e. The van der Waals surface area contributed by atoms with Crippen LogP contribution in [0.5, 0.6) is 0 Å². The van der Waals surface area contributed by atoms with Crippen LogP contribution in [-0.4, -0.2) is 10.8 Å². The minimum atomic E-state index is -0.440. The Bertz CT molecular complexity index is 397. The molecule has 0 bridgehead atoms. The van der Waals surface area contributed by atoms with Crippen molar-refractivity contribution in [1.82, 2.24) is 4.98 Å². The summed E-state index contributed by atoms with van der Waals surface area (Å²) in [5.41, 5.74) is 0.0951. The number of nitrogens with zero attached hydrogens (tertiary/aromatic N) is 1. The summed E-state index contributed by atoms with van der Waals surface area (Å²) in [6, 6.07) is 1.29. The fraction of sp³-hybridized carbons (Fsp3) is 0.538. The quantitative estimate of drug-likeness (QED) is 0.717. The molecule has 0 radical (unpaired) electrons. The Morgan fingerprint density at radius 3 is 2.62 bits per heavy atom. The third-order valence-corrected chi connectivity index (χ3v) is 3.47. The summed E-state index contributed by atoms with van der Waals surface area (Å²) in [6.45, 7) is 1.99. The van der Waals surface area contributed by atoms with E-state index in [1.807, 2.05) is 6.92 Å². The molecule has 1 heterocycles. The molecule has 16 heavy (non-hydrogen) atoms. The molecule has 0 N–H and O–H groups in total. The Hall–Kier alpha value is -1.25. The van der Waals surface area contributed by atoms with Crippen molar-refractivity contribution in [2.24, 2.45) is 5.41 Å². The Kier molecular flexibility index (Phi) is 3.03. The van der Waals surface area contributed by atoms with E-state index in [4.69, 9.17) is 0 Å². The van der Waals surface area contributed by atoms with Crippen LogP contribution in [0.4, 0.5) is 4.39 Å². The van der Waals surface area contributed by atoms with Crippen molar-refractivity contribution >= 4 is 5.78 Å². The van der Waals surface area contributed by atoms with Gasteiger partial charge in [-0.25, -0.2) is 4.39 Å². The minimum absolute atomic E-state index is 0.0409. The lowest BCUT2D eigenvalue weighted by atomic mass is 9.71. The van der Waals surface area contributed by atoms with Gasteiger partial charge in [0, 0.05) is 17.2 Å². The maximum absolute atomic E-state index is 13.0. The molecule has 0 aromatic carbocycles. The summed E-state index contributed by atoms with van der Waals surface area (Å²) in [5, 5.41) is 0. The summed E-state index contributed by atoms with van der Waals surface area (Å²) in [4.78, 5) is 16.0. The number of carbonyl (C=O) groups excluding carboxylic acids is 1. The summed E-state index contributed by atoms with van der Waals surface area (Å²) in [7, 11) is 0. The highest BCUT2D eigenvalue weighted by Gasteiger charge is 2.35. The first-order valence-electron chi connectivity index (χ1n) is 5.77. The molecule has 86 valence electrons. The van der Waals surface area contributed by atoms with Gasteiger partial charge in [-0.2, -0.15) is 0 Å². The number of hydrogen-bond acceptors (Lipinski definition) is 2. The van der Waals surface area contributed by atoms with Crippen LogP contribution in [0.1, 0.15) is 49.4 Å². The first-order chi connectivity index (χ1) is 7.62. The van der Waals surface area contributed by atoms with Crippen LogP contribution in [-0.2, 0) is 0 Å². The van der Waals surface area contributed by atoms with Crippen molar-refractivity contribution in [3.8, 4) is 0 Å². The zero-order valence-electron chi connectivity index (χ0n) is 9.50. The first kappa shape index (κ1) is 11.2. The molecule has 2 rings (SSSR count). The third kappa shape index (κ3) is 2.13. The molecular weight excluding hydrogens is 205 g/mol. The monoisotopic (exact) mass is 221 g/mol. The molecule has 0 atom stereocenters. The number of rotatable bonds is 2. The average Bonchev–Trinajstić information content (AvgIpc) is 2.29. The molecule has 2 nitrogen and oxygen atoms in total. The average molecular weight is 221 g/mol. The summed E-state index contributed by atoms with van der Waals surface area (Å²) in [5.74, 6) is -0.399. The molecule has 1 aromatic rings. The number of Topliss-reactive ketones (excluding diaryl/α,β-unsaturated/α-hetero) is 1. The Labute approximate surface area is 94.9 Å². The molecule has 0 amide bonds. The van der Waals surface area contributed by atoms with E-state index in [2.05, 4.69) is 4.98 Å². The standard InChI is InChI=1S/C13H16FNO/c1-13(5-3-2-4-6-13)12(16)10-7-11(14)9-15-8-10/h7-9H,2-6H2,1H3. The molecule has 0 spiro atoms. The first-order valence-corrected chi connectivity index (χ1v) is 5.77. The van der Waals surface area contributed by atoms with Gasteiger partial charge in [-0.1, -0.05) is 26.2 Å². The summed E-state index contributed by atoms with van der Waals surface area (Å²) in [6.07, 6.45) is 7.77. The molecule has 1 saturated carbocycles. The van der Waals surface area contributed by atoms with E-state index in [1.54, 1.807) is 0 Å². The van der Waals surface area contributed by atoms with Crippen LogP contribution < -0.4 is 0 Å². The fourth-order valence-electron chi connectivity index (χ4n) is 2.44. The predicted molar refractivity (Wildman–Crippen MR) is 59.7 cm³/mol. The molecule has 1 aromatic heterocycles. The van der Waals surface area contributed by atoms with E-state index >= 15 is 0 Å². The van der Waals surface area contributed by atoms with Crippen molar-refractivity contribution < 1.29 is 9.18 Å². The fourth-order valence-corrected chi connectivity index (χ4v) is 2.44. The van der Waals surface area contributed by atoms with E-state index in [0.717, 1.165) is 31.9 Å². The molecule has 1 fully saturated rings. The lowest BCUT2D eigenvalue weighted by Crippen LogP contribution is -2.30. The number of ketones is 1. The van der Waals surface area contributed by atoms with Gasteiger partial charge in [-0.15, -0.1) is 0 Å². The molecule has 0 saturated heterocycles. The van der Waals surface area contributed by atoms with Crippen LogP contribution in [0.3, 0.4) is 0 Å². The zero-order valence-corrected chi connectivity index (χ0v) is 9.50. The van der Waals surface area contributed by atoms with Gasteiger partial charge in [0.15, 0.2) is 5.78 Å². The topological polar surface area (TPSA) is 30.0 Å². The molecule has 1 aliphatic rings. The van der Waals surface area contributed by atoms with Gasteiger partial charge in [0.05, 0.1) is 6.20 Å². The number of pyridine rings is 1. The maximum Gasteiger partial charge on any atom is 0.170 e. The smallest absolute Gasteiger partial charge is 0.170 e. The lowest BCUT2D eigenvalue weighted by molar-refractivity contribution is 0.0748. The van der Waals surface area contributed by atoms with E-state index in [-0.39, 0.29) is 11.2 Å². The highest BCUT2D eigenvalue weighted by molar-refractivity contribution is 6.00. The molecule has 3 heteroatoms. The van der Waals surface area contributed by atoms with E-state index in [9.17, 15) is 9.18 Å². The third-order valence-electron chi connectivity index (χ3n) is 3.47. The summed E-state index contributed by atoms with van der Waals surface area (Å²) < 4.78 is 13.0. The Morgan fingerprint density at radius 2 is 2.00 bits per heavy atom. The second-order valence-corrected chi connectivity index (χ2v) is 4.84. The number of halogens is 1. The van der Waals surface area contributed by atoms with Gasteiger partial charge in [-0.3, -0.25) is 9.78 Å². The van der Waals surface area contributed by atoms with Crippen molar-refractivity contribution in [1.29, 1.82) is 0 Å². The summed E-state index contributed by atoms with van der Waals surface area (Å²) >= 11 is 0. The molecular formula is C13H16FNO. The van der Waals surface area contributed by atoms with Crippen LogP contribution in [0, 0.1) is 11.2 Å². The van der Waals surface area contributed by atoms with Gasteiger partial charge in [0.1, 0.15) is 5.82 Å². The van der Waals surface area contributed by atoms with Gasteiger partial charge < -0.3 is 0 Å². The van der Waals surface area contributed by atoms with Crippen LogP contribution in [0.25, 0.3) is 0 Å². The van der Waals surface area contributed by atoms with Crippen LogP contribution >= 0.6 is 0 Å². The SMILES string of the molecule is CC1(C(=O)c2cncc(F)c2)CCCCC1. The molecule has 1 aliphatic carbocycles. The predicted octanol–water partition coefficient (Wildman–Crippen LogP) is 3.37. The van der Waals surface area contributed by atoms with Gasteiger partial charge in [-0.05, 0) is 18.9 Å². The second kappa shape index (κ2) is 4.32. The Morgan fingerprint density at radius 1 is 1.31 bits per heavy atom. The van der Waals surface area contributed by atoms with Gasteiger partial charge in [0.2, 0.25) is 0 Å². The molecule has 0 aliphatic heterocycles. The molecule has 0 unspecified atom stereocenters. The van der Waals surface area contributed by atoms with Gasteiger partial charge in [0.25, 0.3) is 0 Å². The van der Waals surface area contributed by atoms with E-state index in [0.29, 0.717) is 5.56 Å². The van der Waals surface area contributed by atoms with Crippen LogP contribution in [0.2, 0.25) is 0 Å². The zero-order chi connectivity index (χ0) is 11.6. The highest BCUT2D eigenvalue weighted by Crippen LogP contribution is 2.38. The number of hydrogen-bond donors (Lipinski definition) is 0. The second-order valence-electron chi connectivity index (χ2n) is 4.84. The largest absolute Gasteiger partial charge is 0.294 e. The van der Waals surface area contributed by atoms with Crippen molar-refractivity contribution in [3.05, 3.63) is 29.8 Å². The van der Waals surface area contributed by atoms with Crippen molar-refractivity contribution in [3.63, 3.8) is 0 Å². The van der Waals surface area contributed by atoms with Gasteiger partial charge >= 0.3 is 0 Å². The van der Waals surface area contributed by atoms with E-state index in [1.165, 1.54) is 18.7 Å². The normalized spacial score (nSPS) is 19.4. The van der Waals surface area contributed by atoms with Crippen molar-refractivity contribution in [2.75, 3.05) is 0 Å². The number of carbonyl (C=O) groups is 1. The van der Waals surface area contributed by atoms with Crippen molar-refractivity contribution in [2.45, 2.75) is 39.0 Å². The van der Waals surface area contributed by atoms with E-state index < -0.39 is 5.82 Å². The maximum atomic E-state index is 13.0. The van der Waals surface area contributed by atoms with Crippen LogP contribution in [0.15, 0.2) is 18.5 Å². The highest BCUT2D eigenvalue weighted by atomic mass is 19.1. The Balaban J connectivity index is 2.24. The lowest BCUT2D eigenvalue weighted by Gasteiger charge is -2.31.